The zero-order valence-corrected chi connectivity index (χ0v) is 16.3. The number of carbonyl (C=O) groups is 1. The molecule has 0 bridgehead atoms. The maximum absolute atomic E-state index is 14.1. The minimum Gasteiger partial charge on any atom is -0.476 e. The van der Waals surface area contributed by atoms with Gasteiger partial charge in [0.05, 0.1) is 11.4 Å². The number of carboxylic acid groups (broad SMARTS) is 1. The molecular formula is C21H22FN5O2. The fourth-order valence-corrected chi connectivity index (χ4v) is 3.48. The van der Waals surface area contributed by atoms with Crippen molar-refractivity contribution in [2.24, 2.45) is 0 Å². The molecule has 1 aliphatic heterocycles. The Morgan fingerprint density at radius 1 is 0.966 bits per heavy atom. The predicted molar refractivity (Wildman–Crippen MR) is 109 cm³/mol. The molecule has 0 radical (unpaired) electrons. The number of hydrogen-bond donors (Lipinski definition) is 1. The van der Waals surface area contributed by atoms with Gasteiger partial charge in [0.2, 0.25) is 5.69 Å². The summed E-state index contributed by atoms with van der Waals surface area (Å²) in [5.74, 6) is -1.04. The number of halogens is 1. The molecule has 0 saturated carbocycles. The SMILES string of the molecule is Cc1ccc(-n2nc(C(=O)O)c(N3CCN(c4ccccc4F)CC3)n2)cc1C. The molecule has 1 saturated heterocycles. The Morgan fingerprint density at radius 2 is 1.66 bits per heavy atom. The van der Waals surface area contributed by atoms with Crippen LogP contribution in [0, 0.1) is 19.7 Å². The van der Waals surface area contributed by atoms with Crippen molar-refractivity contribution in [3.63, 3.8) is 0 Å². The number of hydrogen-bond acceptors (Lipinski definition) is 5. The molecule has 0 aliphatic carbocycles. The normalized spacial score (nSPS) is 14.3. The van der Waals surface area contributed by atoms with Crippen molar-refractivity contribution in [1.29, 1.82) is 0 Å². The monoisotopic (exact) mass is 395 g/mol. The molecule has 4 rings (SSSR count). The average Bonchev–Trinajstić information content (AvgIpc) is 3.16. The highest BCUT2D eigenvalue weighted by molar-refractivity contribution is 5.91. The third-order valence-electron chi connectivity index (χ3n) is 5.29. The molecule has 3 aromatic rings. The molecule has 150 valence electrons. The van der Waals surface area contributed by atoms with Crippen LogP contribution in [0.15, 0.2) is 42.5 Å². The van der Waals surface area contributed by atoms with Gasteiger partial charge in [0.15, 0.2) is 5.82 Å². The predicted octanol–water partition coefficient (Wildman–Crippen LogP) is 3.05. The molecule has 2 heterocycles. The summed E-state index contributed by atoms with van der Waals surface area (Å²) in [5, 5.41) is 18.3. The largest absolute Gasteiger partial charge is 0.476 e. The molecule has 0 amide bonds. The van der Waals surface area contributed by atoms with Crippen LogP contribution in [0.25, 0.3) is 5.69 Å². The lowest BCUT2D eigenvalue weighted by Crippen LogP contribution is -2.47. The molecule has 0 atom stereocenters. The fourth-order valence-electron chi connectivity index (χ4n) is 3.48. The van der Waals surface area contributed by atoms with E-state index in [4.69, 9.17) is 0 Å². The van der Waals surface area contributed by atoms with E-state index in [0.29, 0.717) is 43.4 Å². The Hall–Kier alpha value is -3.42. The number of rotatable bonds is 4. The number of nitrogens with zero attached hydrogens (tertiary/aromatic N) is 5. The van der Waals surface area contributed by atoms with Gasteiger partial charge in [-0.05, 0) is 49.2 Å². The number of aryl methyl sites for hydroxylation is 2. The summed E-state index contributed by atoms with van der Waals surface area (Å²) in [4.78, 5) is 17.0. The van der Waals surface area contributed by atoms with E-state index in [0.717, 1.165) is 11.1 Å². The van der Waals surface area contributed by atoms with Crippen LogP contribution in [0.5, 0.6) is 0 Å². The van der Waals surface area contributed by atoms with Crippen LogP contribution in [-0.2, 0) is 0 Å². The third kappa shape index (κ3) is 3.65. The molecule has 29 heavy (non-hydrogen) atoms. The number of para-hydroxylation sites is 1. The van der Waals surface area contributed by atoms with Gasteiger partial charge in [-0.2, -0.15) is 0 Å². The first-order valence-electron chi connectivity index (χ1n) is 9.47. The van der Waals surface area contributed by atoms with Crippen molar-refractivity contribution < 1.29 is 14.3 Å². The average molecular weight is 395 g/mol. The number of aromatic carboxylic acids is 1. The quantitative estimate of drug-likeness (QED) is 0.732. The summed E-state index contributed by atoms with van der Waals surface area (Å²) >= 11 is 0. The summed E-state index contributed by atoms with van der Waals surface area (Å²) in [7, 11) is 0. The van der Waals surface area contributed by atoms with Crippen LogP contribution < -0.4 is 9.80 Å². The Morgan fingerprint density at radius 3 is 2.31 bits per heavy atom. The van der Waals surface area contributed by atoms with Crippen molar-refractivity contribution in [3.8, 4) is 5.69 Å². The summed E-state index contributed by atoms with van der Waals surface area (Å²) in [6.07, 6.45) is 0. The summed E-state index contributed by atoms with van der Waals surface area (Å²) in [6, 6.07) is 12.4. The van der Waals surface area contributed by atoms with Crippen LogP contribution in [0.2, 0.25) is 0 Å². The highest BCUT2D eigenvalue weighted by Gasteiger charge is 2.27. The topological polar surface area (TPSA) is 74.5 Å². The smallest absolute Gasteiger partial charge is 0.360 e. The second-order valence-corrected chi connectivity index (χ2v) is 7.16. The van der Waals surface area contributed by atoms with Crippen molar-refractivity contribution in [2.75, 3.05) is 36.0 Å². The van der Waals surface area contributed by atoms with Gasteiger partial charge in [0, 0.05) is 26.2 Å². The molecule has 0 spiro atoms. The standard InChI is InChI=1S/C21H22FN5O2/c1-14-7-8-16(13-15(14)2)27-23-19(21(28)29)20(24-27)26-11-9-25(10-12-26)18-6-4-3-5-17(18)22/h3-8,13H,9-12H2,1-2H3,(H,28,29). The Labute approximate surface area is 168 Å². The molecule has 1 aliphatic rings. The van der Waals surface area contributed by atoms with E-state index in [-0.39, 0.29) is 11.5 Å². The Kier molecular flexibility index (Phi) is 4.92. The van der Waals surface area contributed by atoms with E-state index < -0.39 is 5.97 Å². The van der Waals surface area contributed by atoms with Gasteiger partial charge in [-0.15, -0.1) is 15.0 Å². The van der Waals surface area contributed by atoms with Gasteiger partial charge in [0.25, 0.3) is 0 Å². The summed E-state index contributed by atoms with van der Waals surface area (Å²) < 4.78 is 14.1. The van der Waals surface area contributed by atoms with Crippen molar-refractivity contribution >= 4 is 17.5 Å². The highest BCUT2D eigenvalue weighted by Crippen LogP contribution is 2.24. The number of aromatic nitrogens is 3. The summed E-state index contributed by atoms with van der Waals surface area (Å²) in [6.45, 7) is 6.19. The van der Waals surface area contributed by atoms with E-state index in [1.54, 1.807) is 12.1 Å². The zero-order valence-electron chi connectivity index (χ0n) is 16.3. The Bertz CT molecular complexity index is 1060. The van der Waals surface area contributed by atoms with Crippen LogP contribution in [0.4, 0.5) is 15.9 Å². The van der Waals surface area contributed by atoms with Crippen LogP contribution in [0.3, 0.4) is 0 Å². The van der Waals surface area contributed by atoms with Crippen molar-refractivity contribution in [3.05, 3.63) is 65.1 Å². The highest BCUT2D eigenvalue weighted by atomic mass is 19.1. The number of anilines is 2. The number of benzene rings is 2. The van der Waals surface area contributed by atoms with Gasteiger partial charge in [-0.1, -0.05) is 18.2 Å². The maximum atomic E-state index is 14.1. The van der Waals surface area contributed by atoms with E-state index in [2.05, 4.69) is 10.2 Å². The van der Waals surface area contributed by atoms with Crippen molar-refractivity contribution in [1.82, 2.24) is 15.0 Å². The number of carboxylic acids is 1. The molecule has 8 heteroatoms. The minimum atomic E-state index is -1.12. The number of piperazine rings is 1. The van der Waals surface area contributed by atoms with Gasteiger partial charge in [0.1, 0.15) is 5.82 Å². The van der Waals surface area contributed by atoms with E-state index in [9.17, 15) is 14.3 Å². The first-order chi connectivity index (χ1) is 13.9. The molecule has 1 fully saturated rings. The van der Waals surface area contributed by atoms with Gasteiger partial charge >= 0.3 is 5.97 Å². The van der Waals surface area contributed by atoms with Gasteiger partial charge in [-0.3, -0.25) is 0 Å². The molecule has 1 aromatic heterocycles. The van der Waals surface area contributed by atoms with Gasteiger partial charge in [-0.25, -0.2) is 9.18 Å². The van der Waals surface area contributed by atoms with E-state index in [1.807, 2.05) is 47.9 Å². The first-order valence-corrected chi connectivity index (χ1v) is 9.47. The van der Waals surface area contributed by atoms with E-state index >= 15 is 0 Å². The summed E-state index contributed by atoms with van der Waals surface area (Å²) in [5.41, 5.74) is 3.42. The van der Waals surface area contributed by atoms with Gasteiger partial charge < -0.3 is 14.9 Å². The molecule has 0 unspecified atom stereocenters. The lowest BCUT2D eigenvalue weighted by Gasteiger charge is -2.36. The first kappa shape index (κ1) is 18.9. The van der Waals surface area contributed by atoms with Crippen LogP contribution in [-0.4, -0.2) is 52.2 Å². The Balaban J connectivity index is 1.58. The molecular weight excluding hydrogens is 373 g/mol. The second-order valence-electron chi connectivity index (χ2n) is 7.16. The minimum absolute atomic E-state index is 0.0810. The zero-order chi connectivity index (χ0) is 20.5. The van der Waals surface area contributed by atoms with Crippen molar-refractivity contribution in [2.45, 2.75) is 13.8 Å². The van der Waals surface area contributed by atoms with E-state index in [1.165, 1.54) is 10.9 Å². The third-order valence-corrected chi connectivity index (χ3v) is 5.29. The fraction of sp³-hybridized carbons (Fsp3) is 0.286. The van der Waals surface area contributed by atoms with Crippen LogP contribution in [0.1, 0.15) is 21.6 Å². The van der Waals surface area contributed by atoms with Crippen LogP contribution >= 0.6 is 0 Å². The lowest BCUT2D eigenvalue weighted by molar-refractivity contribution is 0.0690. The molecule has 2 aromatic carbocycles. The molecule has 7 nitrogen and oxygen atoms in total. The maximum Gasteiger partial charge on any atom is 0.360 e. The molecule has 1 N–H and O–H groups in total. The lowest BCUT2D eigenvalue weighted by atomic mass is 10.1. The second kappa shape index (κ2) is 7.54.